The lowest BCUT2D eigenvalue weighted by molar-refractivity contribution is 0.0698. The molecule has 17 heavy (non-hydrogen) atoms. The zero-order valence-corrected chi connectivity index (χ0v) is 9.71. The molecule has 0 spiro atoms. The molecule has 2 rings (SSSR count). The predicted octanol–water partition coefficient (Wildman–Crippen LogP) is 1.71. The van der Waals surface area contributed by atoms with Crippen molar-refractivity contribution in [3.8, 4) is 0 Å². The van der Waals surface area contributed by atoms with Gasteiger partial charge in [0.05, 0.1) is 22.7 Å². The van der Waals surface area contributed by atoms with E-state index in [-0.39, 0.29) is 5.56 Å². The van der Waals surface area contributed by atoms with E-state index in [2.05, 4.69) is 4.98 Å². The number of aryl methyl sites for hydroxylation is 1. The van der Waals surface area contributed by atoms with Gasteiger partial charge in [-0.05, 0) is 18.6 Å². The third kappa shape index (κ3) is 1.78. The molecule has 0 amide bonds. The third-order valence-electron chi connectivity index (χ3n) is 2.92. The van der Waals surface area contributed by atoms with E-state index in [1.165, 1.54) is 12.3 Å². The largest absolute Gasteiger partial charge is 0.478 e. The van der Waals surface area contributed by atoms with Crippen LogP contribution in [-0.4, -0.2) is 25.7 Å². The van der Waals surface area contributed by atoms with Crippen LogP contribution in [0.3, 0.4) is 0 Å². The summed E-state index contributed by atoms with van der Waals surface area (Å²) in [5.74, 6) is -0.990. The summed E-state index contributed by atoms with van der Waals surface area (Å²) in [6.07, 6.45) is 1.44. The number of hydrogen-bond donors (Lipinski definition) is 2. The minimum Gasteiger partial charge on any atom is -0.478 e. The molecule has 5 nitrogen and oxygen atoms in total. The molecule has 0 bridgehead atoms. The van der Waals surface area contributed by atoms with Crippen LogP contribution in [0.4, 0.5) is 0 Å². The normalized spacial score (nSPS) is 12.9. The Bertz CT molecular complexity index is 574. The van der Waals surface area contributed by atoms with Crippen molar-refractivity contribution in [2.75, 3.05) is 0 Å². The Kier molecular flexibility index (Phi) is 2.85. The minimum absolute atomic E-state index is 0.201. The first-order chi connectivity index (χ1) is 8.06. The van der Waals surface area contributed by atoms with Crippen molar-refractivity contribution in [3.63, 3.8) is 0 Å². The van der Waals surface area contributed by atoms with Crippen LogP contribution in [0.5, 0.6) is 0 Å². The Morgan fingerprint density at radius 3 is 2.88 bits per heavy atom. The van der Waals surface area contributed by atoms with Gasteiger partial charge in [0.2, 0.25) is 0 Å². The van der Waals surface area contributed by atoms with E-state index in [1.54, 1.807) is 17.7 Å². The number of aromatic nitrogens is 2. The highest BCUT2D eigenvalue weighted by atomic mass is 16.4. The molecule has 0 fully saturated rings. The molecule has 0 aromatic carbocycles. The second-order valence-corrected chi connectivity index (χ2v) is 3.95. The van der Waals surface area contributed by atoms with Gasteiger partial charge in [-0.2, -0.15) is 0 Å². The summed E-state index contributed by atoms with van der Waals surface area (Å²) >= 11 is 0. The lowest BCUT2D eigenvalue weighted by Crippen LogP contribution is -2.05. The molecule has 90 valence electrons. The van der Waals surface area contributed by atoms with Crippen LogP contribution in [0.15, 0.2) is 18.3 Å². The average molecular weight is 234 g/mol. The first kappa shape index (κ1) is 11.6. The fourth-order valence-electron chi connectivity index (χ4n) is 2.00. The van der Waals surface area contributed by atoms with E-state index in [0.29, 0.717) is 23.1 Å². The van der Waals surface area contributed by atoms with Crippen molar-refractivity contribution < 1.29 is 15.0 Å². The van der Waals surface area contributed by atoms with Gasteiger partial charge in [0.15, 0.2) is 0 Å². The summed E-state index contributed by atoms with van der Waals surface area (Å²) in [6.45, 7) is 1.87. The molecule has 2 aromatic rings. The van der Waals surface area contributed by atoms with Crippen molar-refractivity contribution in [2.24, 2.45) is 7.05 Å². The topological polar surface area (TPSA) is 75.3 Å². The van der Waals surface area contributed by atoms with E-state index in [1.807, 2.05) is 6.92 Å². The van der Waals surface area contributed by atoms with Crippen LogP contribution in [-0.2, 0) is 7.05 Å². The van der Waals surface area contributed by atoms with Crippen LogP contribution in [0.25, 0.3) is 11.0 Å². The van der Waals surface area contributed by atoms with Crippen molar-refractivity contribution in [2.45, 2.75) is 19.4 Å². The number of aliphatic hydroxyl groups is 1. The van der Waals surface area contributed by atoms with Crippen LogP contribution in [0.1, 0.15) is 35.5 Å². The summed E-state index contributed by atoms with van der Waals surface area (Å²) in [5.41, 5.74) is 2.02. The fourth-order valence-corrected chi connectivity index (χ4v) is 2.00. The summed E-state index contributed by atoms with van der Waals surface area (Å²) in [7, 11) is 1.74. The maximum absolute atomic E-state index is 11.1. The number of aromatic carboxylic acids is 1. The molecule has 2 aromatic heterocycles. The lowest BCUT2D eigenvalue weighted by atomic mass is 10.2. The Balaban J connectivity index is 2.74. The number of pyridine rings is 1. The van der Waals surface area contributed by atoms with Gasteiger partial charge in [-0.1, -0.05) is 6.92 Å². The molecular weight excluding hydrogens is 220 g/mol. The summed E-state index contributed by atoms with van der Waals surface area (Å²) < 4.78 is 1.69. The number of nitrogens with zero attached hydrogens (tertiary/aromatic N) is 2. The molecule has 0 aliphatic rings. The summed E-state index contributed by atoms with van der Waals surface area (Å²) in [4.78, 5) is 15.2. The van der Waals surface area contributed by atoms with Gasteiger partial charge >= 0.3 is 5.97 Å². The molecule has 5 heteroatoms. The molecule has 2 N–H and O–H groups in total. The molecule has 1 unspecified atom stereocenters. The average Bonchev–Trinajstić information content (AvgIpc) is 2.66. The zero-order valence-electron chi connectivity index (χ0n) is 9.71. The number of aliphatic hydroxyl groups excluding tert-OH is 1. The van der Waals surface area contributed by atoms with Crippen molar-refractivity contribution in [1.82, 2.24) is 9.55 Å². The Morgan fingerprint density at radius 1 is 1.59 bits per heavy atom. The van der Waals surface area contributed by atoms with Gasteiger partial charge < -0.3 is 14.8 Å². The monoisotopic (exact) mass is 234 g/mol. The number of carboxylic acid groups (broad SMARTS) is 1. The minimum atomic E-state index is -0.990. The van der Waals surface area contributed by atoms with Crippen molar-refractivity contribution >= 4 is 17.0 Å². The SMILES string of the molecule is CCC(O)c1cc2nccc(C(=O)O)c2n1C. The molecule has 0 saturated carbocycles. The maximum Gasteiger partial charge on any atom is 0.337 e. The number of carbonyl (C=O) groups is 1. The highest BCUT2D eigenvalue weighted by molar-refractivity contribution is 6.01. The van der Waals surface area contributed by atoms with E-state index >= 15 is 0 Å². The van der Waals surface area contributed by atoms with Crippen LogP contribution < -0.4 is 0 Å². The number of carboxylic acids is 1. The zero-order chi connectivity index (χ0) is 12.6. The highest BCUT2D eigenvalue weighted by Gasteiger charge is 2.18. The number of fused-ring (bicyclic) bond motifs is 1. The van der Waals surface area contributed by atoms with Gasteiger partial charge in [-0.25, -0.2) is 4.79 Å². The second-order valence-electron chi connectivity index (χ2n) is 3.95. The van der Waals surface area contributed by atoms with Crippen LogP contribution in [0, 0.1) is 0 Å². The van der Waals surface area contributed by atoms with Gasteiger partial charge in [-0.15, -0.1) is 0 Å². The third-order valence-corrected chi connectivity index (χ3v) is 2.92. The first-order valence-corrected chi connectivity index (χ1v) is 5.42. The standard InChI is InChI=1S/C12H14N2O3/c1-3-10(15)9-6-8-11(14(9)2)7(12(16)17)4-5-13-8/h4-6,10,15H,3H2,1-2H3,(H,16,17). The molecule has 0 aliphatic heterocycles. The van der Waals surface area contributed by atoms with Crippen LogP contribution in [0.2, 0.25) is 0 Å². The Hall–Kier alpha value is -1.88. The van der Waals surface area contributed by atoms with Crippen molar-refractivity contribution in [3.05, 3.63) is 29.6 Å². The Morgan fingerprint density at radius 2 is 2.29 bits per heavy atom. The maximum atomic E-state index is 11.1. The number of hydrogen-bond acceptors (Lipinski definition) is 3. The molecule has 0 saturated heterocycles. The van der Waals surface area contributed by atoms with E-state index in [0.717, 1.165) is 0 Å². The highest BCUT2D eigenvalue weighted by Crippen LogP contribution is 2.25. The molecule has 0 radical (unpaired) electrons. The quantitative estimate of drug-likeness (QED) is 0.847. The van der Waals surface area contributed by atoms with E-state index < -0.39 is 12.1 Å². The van der Waals surface area contributed by atoms with Crippen LogP contribution >= 0.6 is 0 Å². The molecular formula is C12H14N2O3. The molecule has 1 atom stereocenters. The van der Waals surface area contributed by atoms with Crippen molar-refractivity contribution in [1.29, 1.82) is 0 Å². The number of rotatable bonds is 3. The summed E-state index contributed by atoms with van der Waals surface area (Å²) in [5, 5.41) is 19.0. The first-order valence-electron chi connectivity index (χ1n) is 5.42. The van der Waals surface area contributed by atoms with E-state index in [4.69, 9.17) is 5.11 Å². The van der Waals surface area contributed by atoms with Gasteiger partial charge in [0.25, 0.3) is 0 Å². The van der Waals surface area contributed by atoms with Gasteiger partial charge in [-0.3, -0.25) is 4.98 Å². The predicted molar refractivity (Wildman–Crippen MR) is 62.9 cm³/mol. The molecule has 0 aliphatic carbocycles. The molecule has 2 heterocycles. The lowest BCUT2D eigenvalue weighted by Gasteiger charge is -2.09. The fraction of sp³-hybridized carbons (Fsp3) is 0.333. The summed E-state index contributed by atoms with van der Waals surface area (Å²) in [6, 6.07) is 3.20. The Labute approximate surface area is 98.3 Å². The smallest absolute Gasteiger partial charge is 0.337 e. The van der Waals surface area contributed by atoms with Gasteiger partial charge in [0.1, 0.15) is 0 Å². The van der Waals surface area contributed by atoms with E-state index in [9.17, 15) is 9.90 Å². The second kappa shape index (κ2) is 4.18. The van der Waals surface area contributed by atoms with Gasteiger partial charge in [0, 0.05) is 18.9 Å².